The first-order valence-corrected chi connectivity index (χ1v) is 17.2. The van der Waals surface area contributed by atoms with E-state index in [0.29, 0.717) is 28.0 Å². The van der Waals surface area contributed by atoms with Crippen LogP contribution >= 0.6 is 11.8 Å². The maximum atomic E-state index is 13.9. The Morgan fingerprint density at radius 2 is 1.41 bits per heavy atom. The Labute approximate surface area is 297 Å². The third-order valence-corrected chi connectivity index (χ3v) is 9.95. The Hall–Kier alpha value is -5.27. The Balaban J connectivity index is 1.30. The number of hydrogen-bond donors (Lipinski definition) is 5. The zero-order valence-electron chi connectivity index (χ0n) is 27.7. The molecule has 1 heterocycles. The van der Waals surface area contributed by atoms with Crippen molar-refractivity contribution >= 4 is 35.5 Å². The van der Waals surface area contributed by atoms with E-state index in [9.17, 15) is 38.2 Å². The molecule has 0 radical (unpaired) electrons. The molecule has 10 nitrogen and oxygen atoms in total. The van der Waals surface area contributed by atoms with E-state index in [1.807, 2.05) is 0 Å². The summed E-state index contributed by atoms with van der Waals surface area (Å²) in [6, 6.07) is 23.9. The summed E-state index contributed by atoms with van der Waals surface area (Å²) in [6.07, 6.45) is -0.974. The number of nitrogens with one attached hydrogen (secondary N) is 3. The number of β-lactam (4-membered cyclic amide) rings is 1. The van der Waals surface area contributed by atoms with Crippen molar-refractivity contribution in [2.24, 2.45) is 5.92 Å². The summed E-state index contributed by atoms with van der Waals surface area (Å²) in [4.78, 5) is 50.9. The van der Waals surface area contributed by atoms with Gasteiger partial charge in [0.1, 0.15) is 40.3 Å². The number of carboxylic acids is 1. The number of halogens is 2. The van der Waals surface area contributed by atoms with E-state index in [2.05, 4.69) is 16.0 Å². The molecular formula is C38H37F2N3O7S. The van der Waals surface area contributed by atoms with Crippen LogP contribution in [-0.4, -0.2) is 57.6 Å². The summed E-state index contributed by atoms with van der Waals surface area (Å²) in [6.45, 7) is 2.85. The van der Waals surface area contributed by atoms with Gasteiger partial charge in [0.2, 0.25) is 11.8 Å². The zero-order chi connectivity index (χ0) is 36.7. The van der Waals surface area contributed by atoms with Crippen LogP contribution in [0.25, 0.3) is 0 Å². The standard InChI is InChI=1S/C38H37F2N3O7S/c1-22(2)32(37(48)49)42-35(46)33(24-6-4-3-5-7-24)41-31(45)20-50-29-18-12-26(13-19-29)38(25-10-16-28(40)17-11-25)34(36(47)43-38)51-21-30(44)23-8-14-27(39)15-9-23/h3-19,22,30,32-34,44H,20-21H2,1-2H3,(H,41,45)(H,42,46)(H,43,47)(H,48,49)/t30?,32-,33-,34+,38+/m1/s1. The summed E-state index contributed by atoms with van der Waals surface area (Å²) in [5, 5.41) is 27.7. The van der Waals surface area contributed by atoms with E-state index in [1.54, 1.807) is 80.6 Å². The number of aliphatic carboxylic acids is 1. The van der Waals surface area contributed by atoms with E-state index in [1.165, 1.54) is 48.2 Å². The largest absolute Gasteiger partial charge is 0.484 e. The molecule has 1 aliphatic rings. The molecule has 1 aliphatic heterocycles. The Bertz CT molecular complexity index is 1840. The summed E-state index contributed by atoms with van der Waals surface area (Å²) >= 11 is 1.21. The second-order valence-corrected chi connectivity index (χ2v) is 13.5. The number of hydrogen-bond acceptors (Lipinski definition) is 7. The number of thioether (sulfide) groups is 1. The molecule has 5 N–H and O–H groups in total. The summed E-state index contributed by atoms with van der Waals surface area (Å²) in [5.74, 6) is -3.66. The van der Waals surface area contributed by atoms with Gasteiger partial charge in [0, 0.05) is 5.75 Å². The van der Waals surface area contributed by atoms with Crippen LogP contribution in [0.15, 0.2) is 103 Å². The highest BCUT2D eigenvalue weighted by atomic mass is 32.2. The van der Waals surface area contributed by atoms with Crippen LogP contribution in [0.3, 0.4) is 0 Å². The molecule has 0 saturated carbocycles. The minimum atomic E-state index is -1.20. The van der Waals surface area contributed by atoms with E-state index in [0.717, 1.165) is 0 Å². The van der Waals surface area contributed by atoms with Gasteiger partial charge >= 0.3 is 5.97 Å². The maximum Gasteiger partial charge on any atom is 0.326 e. The van der Waals surface area contributed by atoms with Crippen LogP contribution in [0.4, 0.5) is 8.78 Å². The van der Waals surface area contributed by atoms with Crippen molar-refractivity contribution in [3.8, 4) is 5.75 Å². The van der Waals surface area contributed by atoms with Crippen molar-refractivity contribution in [3.63, 3.8) is 0 Å². The molecule has 5 rings (SSSR count). The molecule has 51 heavy (non-hydrogen) atoms. The predicted octanol–water partition coefficient (Wildman–Crippen LogP) is 4.64. The normalized spacial score (nSPS) is 18.5. The summed E-state index contributed by atoms with van der Waals surface area (Å²) in [5.41, 5.74) is 1.11. The number of ether oxygens (including phenoxy) is 1. The number of benzene rings is 4. The van der Waals surface area contributed by atoms with Gasteiger partial charge in [0.05, 0.1) is 6.10 Å². The predicted molar refractivity (Wildman–Crippen MR) is 187 cm³/mol. The van der Waals surface area contributed by atoms with Crippen LogP contribution in [0.1, 0.15) is 48.2 Å². The van der Waals surface area contributed by atoms with Crippen LogP contribution < -0.4 is 20.7 Å². The van der Waals surface area contributed by atoms with Crippen LogP contribution in [0.2, 0.25) is 0 Å². The quantitative estimate of drug-likeness (QED) is 0.112. The van der Waals surface area contributed by atoms with Gasteiger partial charge in [-0.25, -0.2) is 13.6 Å². The number of rotatable bonds is 15. The second kappa shape index (κ2) is 16.2. The molecule has 0 aromatic heterocycles. The van der Waals surface area contributed by atoms with Gasteiger partial charge in [0.15, 0.2) is 6.61 Å². The van der Waals surface area contributed by atoms with E-state index < -0.39 is 70.9 Å². The number of aliphatic hydroxyl groups excluding tert-OH is 1. The monoisotopic (exact) mass is 717 g/mol. The fourth-order valence-corrected chi connectivity index (χ4v) is 7.16. The molecular weight excluding hydrogens is 680 g/mol. The van der Waals surface area contributed by atoms with Crippen LogP contribution in [-0.2, 0) is 24.7 Å². The molecule has 1 unspecified atom stereocenters. The highest BCUT2D eigenvalue weighted by Crippen LogP contribution is 2.46. The van der Waals surface area contributed by atoms with Crippen molar-refractivity contribution in [3.05, 3.63) is 137 Å². The third kappa shape index (κ3) is 8.55. The molecule has 4 aromatic rings. The third-order valence-electron chi connectivity index (χ3n) is 8.54. The van der Waals surface area contributed by atoms with Crippen LogP contribution in [0.5, 0.6) is 5.75 Å². The van der Waals surface area contributed by atoms with Gasteiger partial charge in [-0.05, 0) is 64.6 Å². The maximum absolute atomic E-state index is 13.9. The van der Waals surface area contributed by atoms with E-state index in [-0.39, 0.29) is 11.7 Å². The minimum absolute atomic E-state index is 0.124. The van der Waals surface area contributed by atoms with Crippen molar-refractivity contribution < 1.29 is 42.9 Å². The fraction of sp³-hybridized carbons (Fsp3) is 0.263. The lowest BCUT2D eigenvalue weighted by Crippen LogP contribution is -2.69. The highest BCUT2D eigenvalue weighted by Gasteiger charge is 2.56. The van der Waals surface area contributed by atoms with Crippen molar-refractivity contribution in [1.29, 1.82) is 0 Å². The van der Waals surface area contributed by atoms with Gasteiger partial charge in [0.25, 0.3) is 5.91 Å². The molecule has 4 aromatic carbocycles. The molecule has 3 amide bonds. The zero-order valence-corrected chi connectivity index (χ0v) is 28.5. The van der Waals surface area contributed by atoms with Gasteiger partial charge < -0.3 is 30.9 Å². The van der Waals surface area contributed by atoms with E-state index in [4.69, 9.17) is 4.74 Å². The van der Waals surface area contributed by atoms with Gasteiger partial charge in [-0.2, -0.15) is 0 Å². The fourth-order valence-electron chi connectivity index (χ4n) is 5.80. The number of carbonyl (C=O) groups excluding carboxylic acids is 3. The highest BCUT2D eigenvalue weighted by molar-refractivity contribution is 8.00. The lowest BCUT2D eigenvalue weighted by molar-refractivity contribution is -0.143. The first-order valence-electron chi connectivity index (χ1n) is 16.1. The number of amides is 3. The smallest absolute Gasteiger partial charge is 0.326 e. The molecule has 5 atom stereocenters. The lowest BCUT2D eigenvalue weighted by Gasteiger charge is -2.50. The molecule has 13 heteroatoms. The first-order chi connectivity index (χ1) is 24.4. The number of carboxylic acid groups (broad SMARTS) is 1. The molecule has 0 aliphatic carbocycles. The van der Waals surface area contributed by atoms with Crippen molar-refractivity contribution in [1.82, 2.24) is 16.0 Å². The van der Waals surface area contributed by atoms with E-state index >= 15 is 0 Å². The Kier molecular flexibility index (Phi) is 11.7. The second-order valence-electron chi connectivity index (χ2n) is 12.4. The summed E-state index contributed by atoms with van der Waals surface area (Å²) in [7, 11) is 0. The molecule has 0 spiro atoms. The van der Waals surface area contributed by atoms with Gasteiger partial charge in [-0.15, -0.1) is 11.8 Å². The van der Waals surface area contributed by atoms with Crippen LogP contribution in [0, 0.1) is 17.6 Å². The molecule has 0 bridgehead atoms. The first kappa shape index (κ1) is 37.0. The average molecular weight is 718 g/mol. The molecule has 1 saturated heterocycles. The van der Waals surface area contributed by atoms with Gasteiger partial charge in [-0.1, -0.05) is 80.6 Å². The van der Waals surface area contributed by atoms with Crippen molar-refractivity contribution in [2.75, 3.05) is 12.4 Å². The minimum Gasteiger partial charge on any atom is -0.484 e. The SMILES string of the molecule is CC(C)[C@@H](NC(=O)[C@H](NC(=O)COc1ccc([C@]2(c3ccc(F)cc3)NC(=O)[C@@H]2SCC(O)c2ccc(F)cc2)cc1)c1ccccc1)C(=O)O. The molecule has 266 valence electrons. The van der Waals surface area contributed by atoms with Crippen molar-refractivity contribution in [2.45, 2.75) is 42.8 Å². The number of carbonyl (C=O) groups is 4. The Morgan fingerprint density at radius 3 is 1.96 bits per heavy atom. The topological polar surface area (TPSA) is 154 Å². The summed E-state index contributed by atoms with van der Waals surface area (Å²) < 4.78 is 33.1. The number of aliphatic hydroxyl groups is 1. The average Bonchev–Trinajstić information content (AvgIpc) is 3.11. The molecule has 1 fully saturated rings. The Morgan fingerprint density at radius 1 is 0.843 bits per heavy atom. The lowest BCUT2D eigenvalue weighted by atomic mass is 9.74. The van der Waals surface area contributed by atoms with Gasteiger partial charge in [-0.3, -0.25) is 14.4 Å².